The van der Waals surface area contributed by atoms with Gasteiger partial charge in [0.2, 0.25) is 5.91 Å². The molecule has 2 amide bonds. The van der Waals surface area contributed by atoms with E-state index in [0.29, 0.717) is 17.3 Å². The van der Waals surface area contributed by atoms with Crippen LogP contribution in [0.25, 0.3) is 0 Å². The van der Waals surface area contributed by atoms with Gasteiger partial charge in [0.15, 0.2) is 0 Å². The van der Waals surface area contributed by atoms with Gasteiger partial charge >= 0.3 is 0 Å². The van der Waals surface area contributed by atoms with E-state index in [1.807, 2.05) is 0 Å². The molecule has 0 spiro atoms. The molecule has 0 saturated heterocycles. The number of nitrogens with one attached hydrogen (secondary N) is 2. The molecule has 1 aliphatic carbocycles. The van der Waals surface area contributed by atoms with Gasteiger partial charge in [-0.3, -0.25) is 9.59 Å². The number of aromatic nitrogens is 1. The molecule has 5 heteroatoms. The van der Waals surface area contributed by atoms with Crippen molar-refractivity contribution >= 4 is 17.6 Å². The number of hydrogen-bond donors (Lipinski definition) is 2. The molecule has 2 rings (SSSR count). The Morgan fingerprint density at radius 1 is 1.30 bits per heavy atom. The highest BCUT2D eigenvalue weighted by Crippen LogP contribution is 2.22. The molecule has 0 aromatic carbocycles. The average molecular weight is 275 g/mol. The maximum atomic E-state index is 12.1. The molecule has 1 aromatic rings. The van der Waals surface area contributed by atoms with Gasteiger partial charge in [0.1, 0.15) is 5.82 Å². The monoisotopic (exact) mass is 275 g/mol. The molecular weight excluding hydrogens is 254 g/mol. The van der Waals surface area contributed by atoms with Gasteiger partial charge in [-0.05, 0) is 30.9 Å². The molecule has 108 valence electrons. The summed E-state index contributed by atoms with van der Waals surface area (Å²) in [5.74, 6) is 0.703. The molecule has 1 heterocycles. The fourth-order valence-corrected chi connectivity index (χ4v) is 2.55. The smallest absolute Gasteiger partial charge is 0.251 e. The molecule has 2 N–H and O–H groups in total. The molecule has 1 aromatic heterocycles. The van der Waals surface area contributed by atoms with Crippen LogP contribution in [0, 0.1) is 5.92 Å². The summed E-state index contributed by atoms with van der Waals surface area (Å²) >= 11 is 0. The van der Waals surface area contributed by atoms with Crippen molar-refractivity contribution in [2.24, 2.45) is 5.92 Å². The quantitative estimate of drug-likeness (QED) is 0.886. The first-order valence-electron chi connectivity index (χ1n) is 7.17. The van der Waals surface area contributed by atoms with Crippen molar-refractivity contribution in [2.75, 3.05) is 11.9 Å². The second kappa shape index (κ2) is 7.03. The molecule has 0 atom stereocenters. The molecule has 0 unspecified atom stereocenters. The zero-order chi connectivity index (χ0) is 14.4. The predicted molar refractivity (Wildman–Crippen MR) is 77.4 cm³/mol. The first kappa shape index (κ1) is 14.5. The average Bonchev–Trinajstić information content (AvgIpc) is 2.45. The fraction of sp³-hybridized carbons (Fsp3) is 0.533. The Morgan fingerprint density at radius 2 is 2.05 bits per heavy atom. The highest BCUT2D eigenvalue weighted by atomic mass is 16.2. The first-order valence-corrected chi connectivity index (χ1v) is 7.17. The minimum Gasteiger partial charge on any atom is -0.352 e. The van der Waals surface area contributed by atoms with E-state index in [4.69, 9.17) is 0 Å². The number of carbonyl (C=O) groups is 2. The van der Waals surface area contributed by atoms with E-state index >= 15 is 0 Å². The molecule has 0 bridgehead atoms. The molecular formula is C15H21N3O2. The Hall–Kier alpha value is -1.91. The van der Waals surface area contributed by atoms with E-state index in [1.54, 1.807) is 12.1 Å². The third-order valence-electron chi connectivity index (χ3n) is 3.60. The van der Waals surface area contributed by atoms with E-state index in [1.165, 1.54) is 45.2 Å². The summed E-state index contributed by atoms with van der Waals surface area (Å²) in [6.45, 7) is 2.15. The summed E-state index contributed by atoms with van der Waals surface area (Å²) in [4.78, 5) is 27.0. The molecule has 5 nitrogen and oxygen atoms in total. The highest BCUT2D eigenvalue weighted by Gasteiger charge is 2.15. The highest BCUT2D eigenvalue weighted by molar-refractivity contribution is 5.96. The van der Waals surface area contributed by atoms with Gasteiger partial charge in [0, 0.05) is 25.2 Å². The van der Waals surface area contributed by atoms with Gasteiger partial charge < -0.3 is 10.6 Å². The minimum absolute atomic E-state index is 0.107. The zero-order valence-electron chi connectivity index (χ0n) is 11.8. The van der Waals surface area contributed by atoms with Crippen LogP contribution in [0.3, 0.4) is 0 Å². The van der Waals surface area contributed by atoms with Crippen LogP contribution >= 0.6 is 0 Å². The Kier molecular flexibility index (Phi) is 5.09. The maximum Gasteiger partial charge on any atom is 0.251 e. The van der Waals surface area contributed by atoms with Crippen LogP contribution in [0.5, 0.6) is 0 Å². The lowest BCUT2D eigenvalue weighted by atomic mass is 9.89. The summed E-state index contributed by atoms with van der Waals surface area (Å²) < 4.78 is 0. The van der Waals surface area contributed by atoms with Crippen LogP contribution in [-0.4, -0.2) is 23.3 Å². The van der Waals surface area contributed by atoms with Crippen LogP contribution < -0.4 is 10.6 Å². The summed E-state index contributed by atoms with van der Waals surface area (Å²) in [5, 5.41) is 5.55. The van der Waals surface area contributed by atoms with Gasteiger partial charge in [-0.25, -0.2) is 4.98 Å². The Morgan fingerprint density at radius 3 is 2.75 bits per heavy atom. The van der Waals surface area contributed by atoms with Crippen LogP contribution in [0.15, 0.2) is 18.3 Å². The number of hydrogen-bond acceptors (Lipinski definition) is 3. The van der Waals surface area contributed by atoms with Crippen LogP contribution in [0.4, 0.5) is 5.82 Å². The van der Waals surface area contributed by atoms with Crippen molar-refractivity contribution in [2.45, 2.75) is 39.0 Å². The van der Waals surface area contributed by atoms with Crippen molar-refractivity contribution < 1.29 is 9.59 Å². The van der Waals surface area contributed by atoms with E-state index in [2.05, 4.69) is 15.6 Å². The van der Waals surface area contributed by atoms with Gasteiger partial charge in [-0.2, -0.15) is 0 Å². The Balaban J connectivity index is 1.89. The van der Waals surface area contributed by atoms with Crippen LogP contribution in [-0.2, 0) is 4.79 Å². The third-order valence-corrected chi connectivity index (χ3v) is 3.60. The standard InChI is InChI=1S/C15H21N3O2/c1-11(19)18-14-9-13(7-8-16-14)15(20)17-10-12-5-3-2-4-6-12/h7-9,12H,2-6,10H2,1H3,(H,17,20)(H,16,18,19). The topological polar surface area (TPSA) is 71.1 Å². The van der Waals surface area contributed by atoms with Crippen molar-refractivity contribution in [3.63, 3.8) is 0 Å². The number of anilines is 1. The van der Waals surface area contributed by atoms with E-state index in [9.17, 15) is 9.59 Å². The first-order chi connectivity index (χ1) is 9.65. The fourth-order valence-electron chi connectivity index (χ4n) is 2.55. The van der Waals surface area contributed by atoms with Crippen LogP contribution in [0.1, 0.15) is 49.4 Å². The lowest BCUT2D eigenvalue weighted by Crippen LogP contribution is -2.30. The molecule has 20 heavy (non-hydrogen) atoms. The second-order valence-electron chi connectivity index (χ2n) is 5.33. The predicted octanol–water partition coefficient (Wildman–Crippen LogP) is 2.35. The lowest BCUT2D eigenvalue weighted by molar-refractivity contribution is -0.114. The van der Waals surface area contributed by atoms with Crippen molar-refractivity contribution in [3.8, 4) is 0 Å². The lowest BCUT2D eigenvalue weighted by Gasteiger charge is -2.21. The Labute approximate surface area is 119 Å². The third kappa shape index (κ3) is 4.33. The van der Waals surface area contributed by atoms with Gasteiger partial charge in [0.25, 0.3) is 5.91 Å². The van der Waals surface area contributed by atoms with Gasteiger partial charge in [-0.1, -0.05) is 19.3 Å². The zero-order valence-corrected chi connectivity index (χ0v) is 11.8. The Bertz CT molecular complexity index is 482. The normalized spacial score (nSPS) is 15.7. The minimum atomic E-state index is -0.197. The molecule has 0 aliphatic heterocycles. The second-order valence-corrected chi connectivity index (χ2v) is 5.33. The summed E-state index contributed by atoms with van der Waals surface area (Å²) in [6, 6.07) is 3.25. The van der Waals surface area contributed by atoms with Crippen LogP contribution in [0.2, 0.25) is 0 Å². The maximum absolute atomic E-state index is 12.1. The van der Waals surface area contributed by atoms with E-state index < -0.39 is 0 Å². The largest absolute Gasteiger partial charge is 0.352 e. The van der Waals surface area contributed by atoms with E-state index in [0.717, 1.165) is 6.54 Å². The number of carbonyl (C=O) groups excluding carboxylic acids is 2. The van der Waals surface area contributed by atoms with Crippen molar-refractivity contribution in [3.05, 3.63) is 23.9 Å². The van der Waals surface area contributed by atoms with Gasteiger partial charge in [0.05, 0.1) is 0 Å². The number of pyridine rings is 1. The SMILES string of the molecule is CC(=O)Nc1cc(C(=O)NCC2CCCCC2)ccn1. The summed E-state index contributed by atoms with van der Waals surface area (Å²) in [7, 11) is 0. The number of amides is 2. The number of nitrogens with zero attached hydrogens (tertiary/aromatic N) is 1. The molecule has 1 aliphatic rings. The molecule has 0 radical (unpaired) electrons. The summed E-state index contributed by atoms with van der Waals surface area (Å²) in [5.41, 5.74) is 0.527. The summed E-state index contributed by atoms with van der Waals surface area (Å²) in [6.07, 6.45) is 7.78. The molecule has 1 saturated carbocycles. The molecule has 1 fully saturated rings. The van der Waals surface area contributed by atoms with Crippen molar-refractivity contribution in [1.82, 2.24) is 10.3 Å². The number of rotatable bonds is 4. The van der Waals surface area contributed by atoms with Gasteiger partial charge in [-0.15, -0.1) is 0 Å². The van der Waals surface area contributed by atoms with E-state index in [-0.39, 0.29) is 11.8 Å². The van der Waals surface area contributed by atoms with Crippen molar-refractivity contribution in [1.29, 1.82) is 0 Å².